The summed E-state index contributed by atoms with van der Waals surface area (Å²) in [7, 11) is 4.58. The minimum Gasteiger partial charge on any atom is -0.493 e. The molecule has 8 nitrogen and oxygen atoms in total. The smallest absolute Gasteiger partial charge is 0.276 e. The maximum atomic E-state index is 12.6. The Kier molecular flexibility index (Phi) is 5.62. The van der Waals surface area contributed by atoms with Gasteiger partial charge in [0.25, 0.3) is 5.91 Å². The minimum absolute atomic E-state index is 0.279. The van der Waals surface area contributed by atoms with Gasteiger partial charge in [-0.3, -0.25) is 9.48 Å². The number of nitrogens with zero attached hydrogens (tertiary/aromatic N) is 2. The van der Waals surface area contributed by atoms with Crippen LogP contribution in [0.25, 0.3) is 0 Å². The molecule has 0 radical (unpaired) electrons. The highest BCUT2D eigenvalue weighted by Crippen LogP contribution is 2.42. The van der Waals surface area contributed by atoms with Crippen molar-refractivity contribution in [2.45, 2.75) is 18.9 Å². The van der Waals surface area contributed by atoms with E-state index in [1.807, 2.05) is 10.9 Å². The molecule has 0 saturated carbocycles. The van der Waals surface area contributed by atoms with Crippen molar-refractivity contribution < 1.29 is 19.0 Å². The van der Waals surface area contributed by atoms with Gasteiger partial charge < -0.3 is 24.8 Å². The third-order valence-electron chi connectivity index (χ3n) is 4.44. The Hall–Kier alpha value is -2.74. The number of nitrogens with one attached hydrogen (secondary N) is 2. The zero-order valence-electron chi connectivity index (χ0n) is 15.2. The van der Waals surface area contributed by atoms with E-state index in [0.717, 1.165) is 25.9 Å². The lowest BCUT2D eigenvalue weighted by Gasteiger charge is -2.22. The van der Waals surface area contributed by atoms with Crippen LogP contribution >= 0.6 is 0 Å². The summed E-state index contributed by atoms with van der Waals surface area (Å²) in [5.41, 5.74) is 0.844. The third kappa shape index (κ3) is 3.60. The number of anilines is 1. The van der Waals surface area contributed by atoms with Gasteiger partial charge in [-0.1, -0.05) is 0 Å². The molecule has 0 aliphatic carbocycles. The summed E-state index contributed by atoms with van der Waals surface area (Å²) in [4.78, 5) is 12.6. The number of carbonyl (C=O) groups is 1. The average Bonchev–Trinajstić information content (AvgIpc) is 3.18. The van der Waals surface area contributed by atoms with Crippen molar-refractivity contribution in [2.24, 2.45) is 0 Å². The molecular weight excluding hydrogens is 336 g/mol. The van der Waals surface area contributed by atoms with Crippen LogP contribution in [0.2, 0.25) is 0 Å². The van der Waals surface area contributed by atoms with Gasteiger partial charge in [-0.05, 0) is 37.6 Å². The van der Waals surface area contributed by atoms with Gasteiger partial charge >= 0.3 is 0 Å². The first-order valence-electron chi connectivity index (χ1n) is 8.54. The molecule has 1 unspecified atom stereocenters. The Morgan fingerprint density at radius 2 is 2.00 bits per heavy atom. The SMILES string of the molecule is COc1ccc(NC(=O)c2ccn(C3CCCNC3)n2)c(OC)c1OC. The highest BCUT2D eigenvalue weighted by Gasteiger charge is 2.21. The molecule has 1 fully saturated rings. The largest absolute Gasteiger partial charge is 0.493 e. The fourth-order valence-corrected chi connectivity index (χ4v) is 3.11. The maximum Gasteiger partial charge on any atom is 0.276 e. The van der Waals surface area contributed by atoms with Gasteiger partial charge in [-0.25, -0.2) is 0 Å². The molecule has 1 aromatic carbocycles. The van der Waals surface area contributed by atoms with Crippen molar-refractivity contribution >= 4 is 11.6 Å². The number of benzene rings is 1. The molecule has 8 heteroatoms. The highest BCUT2D eigenvalue weighted by molar-refractivity contribution is 6.04. The number of methoxy groups -OCH3 is 3. The first kappa shape index (κ1) is 18.1. The lowest BCUT2D eigenvalue weighted by molar-refractivity contribution is 0.102. The topological polar surface area (TPSA) is 86.6 Å². The van der Waals surface area contributed by atoms with Gasteiger partial charge in [0, 0.05) is 12.7 Å². The van der Waals surface area contributed by atoms with Gasteiger partial charge in [0.15, 0.2) is 17.2 Å². The molecule has 1 aromatic heterocycles. The maximum absolute atomic E-state index is 12.6. The van der Waals surface area contributed by atoms with Crippen LogP contribution in [-0.4, -0.2) is 50.1 Å². The molecule has 2 heterocycles. The molecule has 0 spiro atoms. The van der Waals surface area contributed by atoms with Crippen LogP contribution in [0.4, 0.5) is 5.69 Å². The summed E-state index contributed by atoms with van der Waals surface area (Å²) in [5.74, 6) is 1.04. The third-order valence-corrected chi connectivity index (χ3v) is 4.44. The van der Waals surface area contributed by atoms with E-state index in [1.165, 1.54) is 14.2 Å². The van der Waals surface area contributed by atoms with Crippen molar-refractivity contribution in [1.29, 1.82) is 0 Å². The number of piperidine rings is 1. The molecular formula is C18H24N4O4. The van der Waals surface area contributed by atoms with Crippen molar-refractivity contribution in [3.63, 3.8) is 0 Å². The summed E-state index contributed by atoms with van der Waals surface area (Å²) >= 11 is 0. The number of amides is 1. The number of hydrogen-bond acceptors (Lipinski definition) is 6. The first-order valence-corrected chi connectivity index (χ1v) is 8.54. The van der Waals surface area contributed by atoms with Crippen LogP contribution in [0.5, 0.6) is 17.2 Å². The lowest BCUT2D eigenvalue weighted by atomic mass is 10.1. The lowest BCUT2D eigenvalue weighted by Crippen LogP contribution is -2.32. The molecule has 140 valence electrons. The van der Waals surface area contributed by atoms with Crippen molar-refractivity contribution in [1.82, 2.24) is 15.1 Å². The summed E-state index contributed by atoms with van der Waals surface area (Å²) in [6, 6.07) is 5.42. The zero-order valence-corrected chi connectivity index (χ0v) is 15.2. The Bertz CT molecular complexity index is 769. The Morgan fingerprint density at radius 1 is 1.19 bits per heavy atom. The Morgan fingerprint density at radius 3 is 2.65 bits per heavy atom. The molecule has 2 N–H and O–H groups in total. The van der Waals surface area contributed by atoms with E-state index in [0.29, 0.717) is 28.6 Å². The van der Waals surface area contributed by atoms with Gasteiger partial charge in [0.05, 0.1) is 33.1 Å². The summed E-state index contributed by atoms with van der Waals surface area (Å²) in [5, 5.41) is 10.6. The van der Waals surface area contributed by atoms with E-state index in [4.69, 9.17) is 14.2 Å². The van der Waals surface area contributed by atoms with E-state index in [-0.39, 0.29) is 11.9 Å². The van der Waals surface area contributed by atoms with E-state index in [9.17, 15) is 4.79 Å². The predicted molar refractivity (Wildman–Crippen MR) is 97.4 cm³/mol. The van der Waals surface area contributed by atoms with Crippen LogP contribution in [0.3, 0.4) is 0 Å². The van der Waals surface area contributed by atoms with E-state index >= 15 is 0 Å². The molecule has 1 saturated heterocycles. The van der Waals surface area contributed by atoms with Gasteiger partial charge in [-0.15, -0.1) is 0 Å². The summed E-state index contributed by atoms with van der Waals surface area (Å²) in [6.07, 6.45) is 4.01. The Balaban J connectivity index is 1.79. The van der Waals surface area contributed by atoms with Gasteiger partial charge in [0.1, 0.15) is 0 Å². The second-order valence-electron chi connectivity index (χ2n) is 6.02. The van der Waals surface area contributed by atoms with Crippen molar-refractivity contribution in [3.05, 3.63) is 30.1 Å². The fraction of sp³-hybridized carbons (Fsp3) is 0.444. The van der Waals surface area contributed by atoms with Crippen LogP contribution in [0.15, 0.2) is 24.4 Å². The highest BCUT2D eigenvalue weighted by atomic mass is 16.5. The second kappa shape index (κ2) is 8.09. The van der Waals surface area contributed by atoms with Gasteiger partial charge in [-0.2, -0.15) is 5.10 Å². The van der Waals surface area contributed by atoms with Gasteiger partial charge in [0.2, 0.25) is 5.75 Å². The fourth-order valence-electron chi connectivity index (χ4n) is 3.11. The number of carbonyl (C=O) groups excluding carboxylic acids is 1. The molecule has 26 heavy (non-hydrogen) atoms. The molecule has 0 bridgehead atoms. The molecule has 1 aliphatic heterocycles. The van der Waals surface area contributed by atoms with E-state index in [2.05, 4.69) is 15.7 Å². The number of hydrogen-bond donors (Lipinski definition) is 2. The normalized spacial score (nSPS) is 16.8. The zero-order chi connectivity index (χ0) is 18.5. The number of rotatable bonds is 6. The average molecular weight is 360 g/mol. The molecule has 1 amide bonds. The molecule has 3 rings (SSSR count). The molecule has 2 aromatic rings. The number of aromatic nitrogens is 2. The van der Waals surface area contributed by atoms with E-state index < -0.39 is 0 Å². The van der Waals surface area contributed by atoms with Crippen LogP contribution < -0.4 is 24.8 Å². The Labute approximate surface area is 152 Å². The van der Waals surface area contributed by atoms with Crippen LogP contribution in [-0.2, 0) is 0 Å². The standard InChI is InChI=1S/C18H24N4O4/c1-24-15-7-6-13(16(25-2)17(15)26-3)20-18(23)14-8-10-22(21-14)12-5-4-9-19-11-12/h6-8,10,12,19H,4-5,9,11H2,1-3H3,(H,20,23). The monoisotopic (exact) mass is 360 g/mol. The molecule has 1 atom stereocenters. The summed E-state index contributed by atoms with van der Waals surface area (Å²) in [6.45, 7) is 1.90. The van der Waals surface area contributed by atoms with Crippen molar-refractivity contribution in [2.75, 3.05) is 39.7 Å². The van der Waals surface area contributed by atoms with Crippen LogP contribution in [0, 0.1) is 0 Å². The number of ether oxygens (including phenoxy) is 3. The summed E-state index contributed by atoms with van der Waals surface area (Å²) < 4.78 is 17.8. The first-order chi connectivity index (χ1) is 12.7. The second-order valence-corrected chi connectivity index (χ2v) is 6.02. The molecule has 1 aliphatic rings. The quantitative estimate of drug-likeness (QED) is 0.820. The minimum atomic E-state index is -0.307. The van der Waals surface area contributed by atoms with Crippen LogP contribution in [0.1, 0.15) is 29.4 Å². The van der Waals surface area contributed by atoms with Crippen molar-refractivity contribution in [3.8, 4) is 17.2 Å². The predicted octanol–water partition coefficient (Wildman–Crippen LogP) is 2.09. The van der Waals surface area contributed by atoms with E-state index in [1.54, 1.807) is 25.3 Å².